The van der Waals surface area contributed by atoms with Crippen molar-refractivity contribution in [2.24, 2.45) is 0 Å². The van der Waals surface area contributed by atoms with E-state index >= 15 is 0 Å². The van der Waals surface area contributed by atoms with Crippen LogP contribution in [0.4, 0.5) is 5.69 Å². The number of anilines is 1. The van der Waals surface area contributed by atoms with Crippen LogP contribution in [-0.2, 0) is 16.6 Å². The summed E-state index contributed by atoms with van der Waals surface area (Å²) in [5.74, 6) is -0.197. The van der Waals surface area contributed by atoms with Crippen LogP contribution in [-0.4, -0.2) is 20.6 Å². The van der Waals surface area contributed by atoms with E-state index in [-0.39, 0.29) is 18.5 Å². The molecule has 0 bridgehead atoms. The van der Waals surface area contributed by atoms with Gasteiger partial charge in [0, 0.05) is 5.56 Å². The van der Waals surface area contributed by atoms with Crippen LogP contribution in [0.3, 0.4) is 0 Å². The highest BCUT2D eigenvalue weighted by molar-refractivity contribution is 7.92. The van der Waals surface area contributed by atoms with Crippen molar-refractivity contribution in [1.82, 2.24) is 5.32 Å². The summed E-state index contributed by atoms with van der Waals surface area (Å²) in [4.78, 5) is 13.2. The number of carbonyl (C=O) groups is 1. The molecule has 0 fully saturated rings. The van der Waals surface area contributed by atoms with Gasteiger partial charge in [-0.05, 0) is 65.9 Å². The summed E-state index contributed by atoms with van der Waals surface area (Å²) >= 11 is 0. The molecule has 0 aliphatic carbocycles. The van der Waals surface area contributed by atoms with E-state index < -0.39 is 10.0 Å². The van der Waals surface area contributed by atoms with Gasteiger partial charge in [0.15, 0.2) is 0 Å². The monoisotopic (exact) mass is 498 g/mol. The van der Waals surface area contributed by atoms with E-state index in [2.05, 4.69) is 5.32 Å². The normalized spacial score (nSPS) is 12.1. The van der Waals surface area contributed by atoms with E-state index in [0.717, 1.165) is 27.8 Å². The summed E-state index contributed by atoms with van der Waals surface area (Å²) in [6, 6.07) is 32.1. The fourth-order valence-electron chi connectivity index (χ4n) is 4.22. The molecular weight excluding hydrogens is 468 g/mol. The van der Waals surface area contributed by atoms with Crippen LogP contribution in [0.5, 0.6) is 0 Å². The summed E-state index contributed by atoms with van der Waals surface area (Å²) in [5.41, 5.74) is 6.03. The van der Waals surface area contributed by atoms with E-state index in [1.165, 1.54) is 10.6 Å². The van der Waals surface area contributed by atoms with Crippen molar-refractivity contribution in [3.05, 3.63) is 137 Å². The fraction of sp³-hybridized carbons (Fsp3) is 0.167. The Kier molecular flexibility index (Phi) is 7.55. The van der Waals surface area contributed by atoms with Gasteiger partial charge < -0.3 is 5.32 Å². The molecule has 0 aliphatic heterocycles. The number of benzene rings is 4. The Morgan fingerprint density at radius 1 is 0.833 bits per heavy atom. The van der Waals surface area contributed by atoms with Gasteiger partial charge in [-0.2, -0.15) is 0 Å². The second-order valence-corrected chi connectivity index (χ2v) is 10.9. The summed E-state index contributed by atoms with van der Waals surface area (Å²) < 4.78 is 26.4. The van der Waals surface area contributed by atoms with Crippen molar-refractivity contribution in [1.29, 1.82) is 0 Å². The molecule has 4 rings (SSSR count). The van der Waals surface area contributed by atoms with E-state index in [0.29, 0.717) is 11.3 Å². The molecule has 0 aliphatic rings. The third kappa shape index (κ3) is 6.01. The molecular formula is C30H30N2O3S. The van der Waals surface area contributed by atoms with Gasteiger partial charge in [0.2, 0.25) is 10.0 Å². The molecule has 4 aromatic carbocycles. The Hall–Kier alpha value is -3.90. The van der Waals surface area contributed by atoms with Crippen molar-refractivity contribution in [3.63, 3.8) is 0 Å². The first-order valence-corrected chi connectivity index (χ1v) is 13.6. The SMILES string of the molecule is Cc1cccc(N(Cc2ccc(C(=O)N[C@H](c3ccccc3)c3ccccc3C)cc2)S(C)(=O)=O)c1. The van der Waals surface area contributed by atoms with Gasteiger partial charge in [0.05, 0.1) is 24.5 Å². The Balaban J connectivity index is 1.56. The maximum Gasteiger partial charge on any atom is 0.252 e. The van der Waals surface area contributed by atoms with Crippen LogP contribution in [0, 0.1) is 13.8 Å². The number of rotatable bonds is 8. The predicted molar refractivity (Wildman–Crippen MR) is 146 cm³/mol. The summed E-state index contributed by atoms with van der Waals surface area (Å²) in [7, 11) is -3.49. The van der Waals surface area contributed by atoms with E-state index in [9.17, 15) is 13.2 Å². The number of amides is 1. The molecule has 1 N–H and O–H groups in total. The Labute approximate surface area is 213 Å². The van der Waals surface area contributed by atoms with Gasteiger partial charge in [-0.3, -0.25) is 9.10 Å². The maximum atomic E-state index is 13.2. The lowest BCUT2D eigenvalue weighted by Crippen LogP contribution is -2.30. The number of aryl methyl sites for hydroxylation is 2. The first-order valence-electron chi connectivity index (χ1n) is 11.8. The highest BCUT2D eigenvalue weighted by Crippen LogP contribution is 2.26. The van der Waals surface area contributed by atoms with Crippen LogP contribution in [0.15, 0.2) is 103 Å². The quantitative estimate of drug-likeness (QED) is 0.334. The van der Waals surface area contributed by atoms with Crippen molar-refractivity contribution in [2.75, 3.05) is 10.6 Å². The molecule has 0 saturated heterocycles. The Morgan fingerprint density at radius 3 is 2.14 bits per heavy atom. The average Bonchev–Trinajstić information content (AvgIpc) is 2.86. The number of nitrogens with zero attached hydrogens (tertiary/aromatic N) is 1. The molecule has 1 amide bonds. The molecule has 0 heterocycles. The number of carbonyl (C=O) groups excluding carboxylic acids is 1. The van der Waals surface area contributed by atoms with Crippen LogP contribution < -0.4 is 9.62 Å². The highest BCUT2D eigenvalue weighted by Gasteiger charge is 2.21. The second kappa shape index (κ2) is 10.8. The lowest BCUT2D eigenvalue weighted by Gasteiger charge is -2.23. The van der Waals surface area contributed by atoms with Crippen molar-refractivity contribution < 1.29 is 13.2 Å². The maximum absolute atomic E-state index is 13.2. The van der Waals surface area contributed by atoms with Gasteiger partial charge in [-0.1, -0.05) is 78.9 Å². The first kappa shape index (κ1) is 25.2. The molecule has 36 heavy (non-hydrogen) atoms. The molecule has 4 aromatic rings. The molecule has 184 valence electrons. The van der Waals surface area contributed by atoms with E-state index in [1.54, 1.807) is 30.3 Å². The summed E-state index contributed by atoms with van der Waals surface area (Å²) in [6.45, 7) is 4.14. The fourth-order valence-corrected chi connectivity index (χ4v) is 5.10. The van der Waals surface area contributed by atoms with Crippen molar-refractivity contribution in [3.8, 4) is 0 Å². The molecule has 6 heteroatoms. The zero-order chi connectivity index (χ0) is 25.7. The number of nitrogens with one attached hydrogen (secondary N) is 1. The van der Waals surface area contributed by atoms with Crippen molar-refractivity contribution >= 4 is 21.6 Å². The zero-order valence-electron chi connectivity index (χ0n) is 20.7. The van der Waals surface area contributed by atoms with Crippen LogP contribution >= 0.6 is 0 Å². The smallest absolute Gasteiger partial charge is 0.252 e. The molecule has 1 atom stereocenters. The van der Waals surface area contributed by atoms with E-state index in [4.69, 9.17) is 0 Å². The van der Waals surface area contributed by atoms with Gasteiger partial charge in [-0.25, -0.2) is 8.42 Å². The van der Waals surface area contributed by atoms with Crippen molar-refractivity contribution in [2.45, 2.75) is 26.4 Å². The molecule has 5 nitrogen and oxygen atoms in total. The molecule has 0 spiro atoms. The summed E-state index contributed by atoms with van der Waals surface area (Å²) in [5, 5.41) is 3.18. The van der Waals surface area contributed by atoms with Gasteiger partial charge in [-0.15, -0.1) is 0 Å². The third-order valence-corrected chi connectivity index (χ3v) is 7.28. The topological polar surface area (TPSA) is 66.5 Å². The minimum atomic E-state index is -3.49. The van der Waals surface area contributed by atoms with Gasteiger partial charge in [0.25, 0.3) is 5.91 Å². The lowest BCUT2D eigenvalue weighted by atomic mass is 9.94. The Bertz CT molecular complexity index is 1450. The minimum Gasteiger partial charge on any atom is -0.341 e. The predicted octanol–water partition coefficient (Wildman–Crippen LogP) is 5.79. The number of hydrogen-bond acceptors (Lipinski definition) is 3. The number of hydrogen-bond donors (Lipinski definition) is 1. The highest BCUT2D eigenvalue weighted by atomic mass is 32.2. The van der Waals surface area contributed by atoms with Crippen LogP contribution in [0.2, 0.25) is 0 Å². The molecule has 0 saturated carbocycles. The minimum absolute atomic E-state index is 0.181. The second-order valence-electron chi connectivity index (χ2n) is 8.98. The molecule has 0 unspecified atom stereocenters. The zero-order valence-corrected chi connectivity index (χ0v) is 21.5. The largest absolute Gasteiger partial charge is 0.341 e. The van der Waals surface area contributed by atoms with Gasteiger partial charge >= 0.3 is 0 Å². The number of sulfonamides is 1. The standard InChI is InChI=1S/C30H30N2O3S/c1-22-10-9-14-27(20-22)32(36(3,34)35)21-24-16-18-26(19-17-24)30(33)31-29(25-12-5-4-6-13-25)28-15-8-7-11-23(28)2/h4-20,29H,21H2,1-3H3,(H,31,33)/t29-/m1/s1. The van der Waals surface area contributed by atoms with Gasteiger partial charge in [0.1, 0.15) is 0 Å². The lowest BCUT2D eigenvalue weighted by molar-refractivity contribution is 0.0943. The molecule has 0 aromatic heterocycles. The third-order valence-electron chi connectivity index (χ3n) is 6.14. The first-order chi connectivity index (χ1) is 17.2. The average molecular weight is 499 g/mol. The molecule has 0 radical (unpaired) electrons. The van der Waals surface area contributed by atoms with Crippen LogP contribution in [0.25, 0.3) is 0 Å². The van der Waals surface area contributed by atoms with Crippen LogP contribution in [0.1, 0.15) is 44.2 Å². The Morgan fingerprint density at radius 2 is 1.50 bits per heavy atom. The van der Waals surface area contributed by atoms with E-state index in [1.807, 2.05) is 86.6 Å². The summed E-state index contributed by atoms with van der Waals surface area (Å²) in [6.07, 6.45) is 1.20.